The molecule has 6 heteroatoms. The van der Waals surface area contributed by atoms with Crippen LogP contribution in [0.5, 0.6) is 0 Å². The largest absolute Gasteiger partial charge is 0.395 e. The minimum absolute atomic E-state index is 0.208. The summed E-state index contributed by atoms with van der Waals surface area (Å²) >= 11 is 3.38. The van der Waals surface area contributed by atoms with Gasteiger partial charge < -0.3 is 11.1 Å². The number of hydrogen-bond acceptors (Lipinski definition) is 3. The summed E-state index contributed by atoms with van der Waals surface area (Å²) in [5.41, 5.74) is 8.61. The lowest BCUT2D eigenvalue weighted by Crippen LogP contribution is -2.26. The van der Waals surface area contributed by atoms with Crippen molar-refractivity contribution in [3.63, 3.8) is 0 Å². The van der Waals surface area contributed by atoms with Crippen molar-refractivity contribution in [1.82, 2.24) is 15.1 Å². The van der Waals surface area contributed by atoms with Crippen LogP contribution in [-0.2, 0) is 20.0 Å². The van der Waals surface area contributed by atoms with E-state index < -0.39 is 0 Å². The highest BCUT2D eigenvalue weighted by atomic mass is 79.9. The molecule has 0 saturated carbocycles. The Kier molecular flexibility index (Phi) is 4.44. The summed E-state index contributed by atoms with van der Waals surface area (Å²) in [6.07, 6.45) is 0.708. The molecule has 0 bridgehead atoms. The Morgan fingerprint density at radius 1 is 1.40 bits per heavy atom. The lowest BCUT2D eigenvalue weighted by atomic mass is 10.2. The van der Waals surface area contributed by atoms with E-state index in [0.717, 1.165) is 15.7 Å². The van der Waals surface area contributed by atoms with E-state index in [-0.39, 0.29) is 5.91 Å². The predicted molar refractivity (Wildman–Crippen MR) is 82.3 cm³/mol. The van der Waals surface area contributed by atoms with Gasteiger partial charge in [-0.2, -0.15) is 5.10 Å². The SMILES string of the molecule is CCc1nn(C)c(C(=O)NCc2ccc(Br)cc2)c1N. The first kappa shape index (κ1) is 14.6. The molecule has 106 valence electrons. The van der Waals surface area contributed by atoms with E-state index in [1.807, 2.05) is 31.2 Å². The molecule has 0 fully saturated rings. The standard InChI is InChI=1S/C14H17BrN4O/c1-3-11-12(16)13(19(2)18-11)14(20)17-8-9-4-6-10(15)7-5-9/h4-7H,3,8,16H2,1-2H3,(H,17,20). The van der Waals surface area contributed by atoms with Gasteiger partial charge in [-0.3, -0.25) is 9.48 Å². The van der Waals surface area contributed by atoms with Gasteiger partial charge in [-0.05, 0) is 24.1 Å². The summed E-state index contributed by atoms with van der Waals surface area (Å²) in [5.74, 6) is -0.208. The van der Waals surface area contributed by atoms with Crippen LogP contribution >= 0.6 is 15.9 Å². The summed E-state index contributed by atoms with van der Waals surface area (Å²) in [4.78, 5) is 12.2. The number of nitrogens with one attached hydrogen (secondary N) is 1. The fourth-order valence-electron chi connectivity index (χ4n) is 1.99. The highest BCUT2D eigenvalue weighted by Crippen LogP contribution is 2.17. The zero-order valence-corrected chi connectivity index (χ0v) is 13.1. The lowest BCUT2D eigenvalue weighted by molar-refractivity contribution is 0.0942. The maximum absolute atomic E-state index is 12.2. The summed E-state index contributed by atoms with van der Waals surface area (Å²) in [5, 5.41) is 7.10. The molecule has 1 aromatic heterocycles. The zero-order valence-electron chi connectivity index (χ0n) is 11.5. The van der Waals surface area contributed by atoms with Crippen molar-refractivity contribution in [2.24, 2.45) is 7.05 Å². The van der Waals surface area contributed by atoms with E-state index in [9.17, 15) is 4.79 Å². The number of anilines is 1. The maximum Gasteiger partial charge on any atom is 0.271 e. The van der Waals surface area contributed by atoms with Crippen LogP contribution in [0, 0.1) is 0 Å². The Hall–Kier alpha value is -1.82. The first-order valence-corrected chi connectivity index (χ1v) is 7.16. The molecule has 1 amide bonds. The fourth-order valence-corrected chi connectivity index (χ4v) is 2.26. The number of hydrogen-bond donors (Lipinski definition) is 2. The van der Waals surface area contributed by atoms with E-state index in [1.54, 1.807) is 7.05 Å². The molecule has 0 spiro atoms. The summed E-state index contributed by atoms with van der Waals surface area (Å²) < 4.78 is 2.54. The van der Waals surface area contributed by atoms with E-state index in [0.29, 0.717) is 24.3 Å². The topological polar surface area (TPSA) is 72.9 Å². The van der Waals surface area contributed by atoms with Crippen LogP contribution in [0.3, 0.4) is 0 Å². The molecule has 0 aliphatic rings. The molecule has 1 aromatic carbocycles. The second-order valence-electron chi connectivity index (χ2n) is 4.50. The Morgan fingerprint density at radius 2 is 2.05 bits per heavy atom. The van der Waals surface area contributed by atoms with Crippen molar-refractivity contribution in [2.45, 2.75) is 19.9 Å². The van der Waals surface area contributed by atoms with Crippen LogP contribution in [0.15, 0.2) is 28.7 Å². The molecule has 0 radical (unpaired) electrons. The third kappa shape index (κ3) is 3.01. The predicted octanol–water partition coefficient (Wildman–Crippen LogP) is 2.26. The molecule has 0 atom stereocenters. The summed E-state index contributed by atoms with van der Waals surface area (Å²) in [6, 6.07) is 7.78. The van der Waals surface area contributed by atoms with Crippen molar-refractivity contribution in [1.29, 1.82) is 0 Å². The quantitative estimate of drug-likeness (QED) is 0.899. The molecule has 0 aliphatic heterocycles. The molecule has 3 N–H and O–H groups in total. The number of rotatable bonds is 4. The van der Waals surface area contributed by atoms with Gasteiger partial charge >= 0.3 is 0 Å². The van der Waals surface area contributed by atoms with Crippen LogP contribution < -0.4 is 11.1 Å². The van der Waals surface area contributed by atoms with Crippen LogP contribution in [0.4, 0.5) is 5.69 Å². The van der Waals surface area contributed by atoms with Crippen molar-refractivity contribution >= 4 is 27.5 Å². The minimum atomic E-state index is -0.208. The lowest BCUT2D eigenvalue weighted by Gasteiger charge is -2.06. The van der Waals surface area contributed by atoms with Crippen molar-refractivity contribution in [3.05, 3.63) is 45.7 Å². The van der Waals surface area contributed by atoms with Crippen molar-refractivity contribution < 1.29 is 4.79 Å². The Bertz CT molecular complexity index is 619. The highest BCUT2D eigenvalue weighted by molar-refractivity contribution is 9.10. The van der Waals surface area contributed by atoms with E-state index in [2.05, 4.69) is 26.3 Å². The molecule has 0 unspecified atom stereocenters. The van der Waals surface area contributed by atoms with Gasteiger partial charge in [0.1, 0.15) is 5.69 Å². The summed E-state index contributed by atoms with van der Waals surface area (Å²) in [6.45, 7) is 2.42. The first-order valence-electron chi connectivity index (χ1n) is 6.37. The van der Waals surface area contributed by atoms with E-state index >= 15 is 0 Å². The average molecular weight is 337 g/mol. The number of carbonyl (C=O) groups is 1. The number of halogens is 1. The number of benzene rings is 1. The minimum Gasteiger partial charge on any atom is -0.395 e. The second kappa shape index (κ2) is 6.09. The molecular formula is C14H17BrN4O. The van der Waals surface area contributed by atoms with Crippen LogP contribution in [-0.4, -0.2) is 15.7 Å². The maximum atomic E-state index is 12.2. The molecule has 2 aromatic rings. The molecule has 1 heterocycles. The Balaban J connectivity index is 2.09. The third-order valence-corrected chi connectivity index (χ3v) is 3.61. The van der Waals surface area contributed by atoms with Crippen LogP contribution in [0.1, 0.15) is 28.7 Å². The third-order valence-electron chi connectivity index (χ3n) is 3.08. The monoisotopic (exact) mass is 336 g/mol. The second-order valence-corrected chi connectivity index (χ2v) is 5.41. The van der Waals surface area contributed by atoms with Gasteiger partial charge in [-0.25, -0.2) is 0 Å². The smallest absolute Gasteiger partial charge is 0.271 e. The van der Waals surface area contributed by atoms with Gasteiger partial charge in [0.2, 0.25) is 0 Å². The molecule has 0 aliphatic carbocycles. The van der Waals surface area contributed by atoms with Gasteiger partial charge in [-0.15, -0.1) is 0 Å². The Labute approximate surface area is 126 Å². The van der Waals surface area contributed by atoms with Gasteiger partial charge in [0.05, 0.1) is 11.4 Å². The Morgan fingerprint density at radius 3 is 2.60 bits per heavy atom. The van der Waals surface area contributed by atoms with Gasteiger partial charge in [0.15, 0.2) is 0 Å². The van der Waals surface area contributed by atoms with Crippen molar-refractivity contribution in [2.75, 3.05) is 5.73 Å². The number of nitrogen functional groups attached to an aromatic ring is 1. The van der Waals surface area contributed by atoms with Gasteiger partial charge in [-0.1, -0.05) is 35.0 Å². The van der Waals surface area contributed by atoms with Crippen LogP contribution in [0.2, 0.25) is 0 Å². The normalized spacial score (nSPS) is 10.6. The van der Waals surface area contributed by atoms with Gasteiger partial charge in [0, 0.05) is 18.1 Å². The fraction of sp³-hybridized carbons (Fsp3) is 0.286. The molecule has 20 heavy (non-hydrogen) atoms. The number of nitrogens with two attached hydrogens (primary N) is 1. The zero-order chi connectivity index (χ0) is 14.7. The number of carbonyl (C=O) groups excluding carboxylic acids is 1. The first-order chi connectivity index (χ1) is 9.52. The number of aromatic nitrogens is 2. The van der Waals surface area contributed by atoms with E-state index in [4.69, 9.17) is 5.73 Å². The average Bonchev–Trinajstić information content (AvgIpc) is 2.72. The van der Waals surface area contributed by atoms with Crippen LogP contribution in [0.25, 0.3) is 0 Å². The number of amides is 1. The van der Waals surface area contributed by atoms with Gasteiger partial charge in [0.25, 0.3) is 5.91 Å². The highest BCUT2D eigenvalue weighted by Gasteiger charge is 2.18. The molecular weight excluding hydrogens is 320 g/mol. The van der Waals surface area contributed by atoms with E-state index in [1.165, 1.54) is 4.68 Å². The number of aryl methyl sites for hydroxylation is 2. The summed E-state index contributed by atoms with van der Waals surface area (Å²) in [7, 11) is 1.73. The molecule has 2 rings (SSSR count). The number of nitrogens with zero attached hydrogens (tertiary/aromatic N) is 2. The molecule has 0 saturated heterocycles. The van der Waals surface area contributed by atoms with Crippen molar-refractivity contribution in [3.8, 4) is 0 Å². The molecule has 5 nitrogen and oxygen atoms in total.